The molecule has 1 N–H and O–H groups in total. The number of hydrogen-bond donors (Lipinski definition) is 1. The number of ether oxygens (including phenoxy) is 1. The van der Waals surface area contributed by atoms with Crippen LogP contribution in [-0.2, 0) is 14.8 Å². The topological polar surface area (TPSA) is 75.7 Å². The molecule has 0 bridgehead atoms. The Morgan fingerprint density at radius 2 is 1.89 bits per heavy atom. The lowest BCUT2D eigenvalue weighted by Gasteiger charge is -2.24. The van der Waals surface area contributed by atoms with Gasteiger partial charge in [-0.15, -0.1) is 0 Å². The fourth-order valence-electron chi connectivity index (χ4n) is 3.02. The van der Waals surface area contributed by atoms with Crippen molar-refractivity contribution in [3.8, 4) is 5.75 Å². The molecule has 0 aliphatic carbocycles. The minimum Gasteiger partial charge on any atom is -0.494 e. The fourth-order valence-corrected chi connectivity index (χ4v) is 3.87. The molecule has 0 aromatic heterocycles. The molecular weight excluding hydrogens is 376 g/mol. The summed E-state index contributed by atoms with van der Waals surface area (Å²) in [6, 6.07) is 12.5. The van der Waals surface area contributed by atoms with Crippen molar-refractivity contribution in [2.45, 2.75) is 33.7 Å². The van der Waals surface area contributed by atoms with Crippen molar-refractivity contribution in [2.24, 2.45) is 0 Å². The molecule has 0 aliphatic heterocycles. The van der Waals surface area contributed by atoms with Gasteiger partial charge >= 0.3 is 0 Å². The summed E-state index contributed by atoms with van der Waals surface area (Å²) < 4.78 is 31.1. The Labute approximate surface area is 167 Å². The van der Waals surface area contributed by atoms with Gasteiger partial charge in [-0.3, -0.25) is 9.10 Å². The standard InChI is InChI=1S/C21H28N2O4S/c1-6-27-19-9-7-8-18(13-19)23(28(5,25)26)14-21(24)22-17(4)20-12-15(2)10-11-16(20)3/h7-13,17H,6,14H2,1-5H3,(H,22,24)/t17-/m0/s1. The molecule has 0 heterocycles. The average molecular weight is 405 g/mol. The van der Waals surface area contributed by atoms with Crippen LogP contribution in [0.25, 0.3) is 0 Å². The SMILES string of the molecule is CCOc1cccc(N(CC(=O)N[C@@H](C)c2cc(C)ccc2C)S(C)(=O)=O)c1. The first-order chi connectivity index (χ1) is 13.1. The number of aryl methyl sites for hydroxylation is 2. The third-order valence-electron chi connectivity index (χ3n) is 4.38. The molecule has 2 aromatic rings. The van der Waals surface area contributed by atoms with Crippen molar-refractivity contribution in [1.82, 2.24) is 5.32 Å². The number of benzene rings is 2. The molecule has 7 heteroatoms. The number of hydrogen-bond acceptors (Lipinski definition) is 4. The zero-order chi connectivity index (χ0) is 20.9. The Kier molecular flexibility index (Phi) is 7.07. The maximum Gasteiger partial charge on any atom is 0.241 e. The molecular formula is C21H28N2O4S. The van der Waals surface area contributed by atoms with Gasteiger partial charge in [-0.25, -0.2) is 8.42 Å². The first-order valence-corrected chi connectivity index (χ1v) is 11.0. The molecule has 28 heavy (non-hydrogen) atoms. The minimum atomic E-state index is -3.64. The highest BCUT2D eigenvalue weighted by Crippen LogP contribution is 2.24. The van der Waals surface area contributed by atoms with Crippen LogP contribution in [0.15, 0.2) is 42.5 Å². The van der Waals surface area contributed by atoms with Crippen molar-refractivity contribution in [3.05, 3.63) is 59.2 Å². The van der Waals surface area contributed by atoms with E-state index in [1.54, 1.807) is 24.3 Å². The predicted octanol–water partition coefficient (Wildman–Crippen LogP) is 3.35. The lowest BCUT2D eigenvalue weighted by atomic mass is 10.00. The maximum atomic E-state index is 12.6. The smallest absolute Gasteiger partial charge is 0.241 e. The number of sulfonamides is 1. The summed E-state index contributed by atoms with van der Waals surface area (Å²) in [5.41, 5.74) is 3.58. The second-order valence-electron chi connectivity index (χ2n) is 6.85. The van der Waals surface area contributed by atoms with Crippen LogP contribution in [0.5, 0.6) is 5.75 Å². The van der Waals surface area contributed by atoms with Gasteiger partial charge in [0.2, 0.25) is 15.9 Å². The van der Waals surface area contributed by atoms with Gasteiger partial charge < -0.3 is 10.1 Å². The summed E-state index contributed by atoms with van der Waals surface area (Å²) in [6.07, 6.45) is 1.09. The van der Waals surface area contributed by atoms with Gasteiger partial charge in [0.05, 0.1) is 24.6 Å². The second kappa shape index (κ2) is 9.10. The minimum absolute atomic E-state index is 0.233. The van der Waals surface area contributed by atoms with Crippen LogP contribution < -0.4 is 14.4 Å². The quantitative estimate of drug-likeness (QED) is 0.732. The zero-order valence-electron chi connectivity index (χ0n) is 17.0. The van der Waals surface area contributed by atoms with Gasteiger partial charge in [0.15, 0.2) is 0 Å². The second-order valence-corrected chi connectivity index (χ2v) is 8.76. The van der Waals surface area contributed by atoms with E-state index in [-0.39, 0.29) is 18.5 Å². The number of carbonyl (C=O) groups is 1. The summed E-state index contributed by atoms with van der Waals surface area (Å²) in [4.78, 5) is 12.6. The number of carbonyl (C=O) groups excluding carboxylic acids is 1. The average Bonchev–Trinajstić information content (AvgIpc) is 2.61. The summed E-state index contributed by atoms with van der Waals surface area (Å²) in [5, 5.41) is 2.90. The fraction of sp³-hybridized carbons (Fsp3) is 0.381. The molecule has 0 radical (unpaired) electrons. The summed E-state index contributed by atoms with van der Waals surface area (Å²) in [5.74, 6) is 0.179. The van der Waals surface area contributed by atoms with Crippen LogP contribution in [0.4, 0.5) is 5.69 Å². The first-order valence-electron chi connectivity index (χ1n) is 9.19. The maximum absolute atomic E-state index is 12.6. The number of amides is 1. The molecule has 0 saturated carbocycles. The molecule has 152 valence electrons. The molecule has 0 saturated heterocycles. The molecule has 2 rings (SSSR count). The molecule has 0 aliphatic rings. The molecule has 0 fully saturated rings. The number of nitrogens with one attached hydrogen (secondary N) is 1. The van der Waals surface area contributed by atoms with Gasteiger partial charge in [-0.05, 0) is 51.0 Å². The molecule has 0 unspecified atom stereocenters. The van der Waals surface area contributed by atoms with Crippen LogP contribution >= 0.6 is 0 Å². The van der Waals surface area contributed by atoms with E-state index in [9.17, 15) is 13.2 Å². The van der Waals surface area contributed by atoms with E-state index in [4.69, 9.17) is 4.74 Å². The largest absolute Gasteiger partial charge is 0.494 e. The lowest BCUT2D eigenvalue weighted by molar-refractivity contribution is -0.120. The van der Waals surface area contributed by atoms with E-state index in [2.05, 4.69) is 5.32 Å². The number of rotatable bonds is 8. The van der Waals surface area contributed by atoms with Gasteiger partial charge in [0.25, 0.3) is 0 Å². The van der Waals surface area contributed by atoms with Crippen LogP contribution in [0.2, 0.25) is 0 Å². The van der Waals surface area contributed by atoms with Crippen molar-refractivity contribution >= 4 is 21.6 Å². The van der Waals surface area contributed by atoms with Gasteiger partial charge in [-0.2, -0.15) is 0 Å². The van der Waals surface area contributed by atoms with E-state index < -0.39 is 10.0 Å². The Balaban J connectivity index is 2.20. The molecule has 1 amide bonds. The van der Waals surface area contributed by atoms with E-state index in [0.717, 1.165) is 27.3 Å². The van der Waals surface area contributed by atoms with Crippen LogP contribution in [-0.4, -0.2) is 33.7 Å². The Hall–Kier alpha value is -2.54. The monoisotopic (exact) mass is 404 g/mol. The highest BCUT2D eigenvalue weighted by molar-refractivity contribution is 7.92. The van der Waals surface area contributed by atoms with Gasteiger partial charge in [0, 0.05) is 6.07 Å². The van der Waals surface area contributed by atoms with Gasteiger partial charge in [0.1, 0.15) is 12.3 Å². The third-order valence-corrected chi connectivity index (χ3v) is 5.52. The van der Waals surface area contributed by atoms with E-state index in [0.29, 0.717) is 18.0 Å². The Morgan fingerprint density at radius 3 is 2.54 bits per heavy atom. The van der Waals surface area contributed by atoms with Crippen LogP contribution in [0, 0.1) is 13.8 Å². The highest BCUT2D eigenvalue weighted by atomic mass is 32.2. The molecule has 0 spiro atoms. The third kappa shape index (κ3) is 5.73. The Morgan fingerprint density at radius 1 is 1.18 bits per heavy atom. The van der Waals surface area contributed by atoms with Crippen molar-refractivity contribution < 1.29 is 17.9 Å². The molecule has 6 nitrogen and oxygen atoms in total. The van der Waals surface area contributed by atoms with Crippen molar-refractivity contribution in [3.63, 3.8) is 0 Å². The summed E-state index contributed by atoms with van der Waals surface area (Å²) in [7, 11) is -3.64. The van der Waals surface area contributed by atoms with Crippen molar-refractivity contribution in [1.29, 1.82) is 0 Å². The van der Waals surface area contributed by atoms with Crippen LogP contribution in [0.3, 0.4) is 0 Å². The van der Waals surface area contributed by atoms with Crippen LogP contribution in [0.1, 0.15) is 36.6 Å². The molecule has 1 atom stereocenters. The summed E-state index contributed by atoms with van der Waals surface area (Å²) >= 11 is 0. The normalized spacial score (nSPS) is 12.3. The van der Waals surface area contributed by atoms with E-state index in [1.165, 1.54) is 0 Å². The first kappa shape index (κ1) is 21.8. The zero-order valence-corrected chi connectivity index (χ0v) is 17.8. The van der Waals surface area contributed by atoms with E-state index >= 15 is 0 Å². The number of nitrogens with zero attached hydrogens (tertiary/aromatic N) is 1. The summed E-state index contributed by atoms with van der Waals surface area (Å²) in [6.45, 7) is 7.89. The Bertz CT molecular complexity index is 941. The molecule has 2 aromatic carbocycles. The van der Waals surface area contributed by atoms with E-state index in [1.807, 2.05) is 45.9 Å². The predicted molar refractivity (Wildman–Crippen MR) is 112 cm³/mol. The lowest BCUT2D eigenvalue weighted by Crippen LogP contribution is -2.41. The number of anilines is 1. The van der Waals surface area contributed by atoms with Crippen molar-refractivity contribution in [2.75, 3.05) is 23.7 Å². The van der Waals surface area contributed by atoms with Gasteiger partial charge in [-0.1, -0.05) is 29.8 Å². The highest BCUT2D eigenvalue weighted by Gasteiger charge is 2.22.